The van der Waals surface area contributed by atoms with Crippen LogP contribution >= 0.6 is 0 Å². The Morgan fingerprint density at radius 1 is 1.11 bits per heavy atom. The van der Waals surface area contributed by atoms with Gasteiger partial charge in [0.25, 0.3) is 5.91 Å². The Labute approximate surface area is 215 Å². The first kappa shape index (κ1) is 26.0. The number of ether oxygens (including phenoxy) is 1. The molecular formula is C30H40N4O2. The molecule has 192 valence electrons. The number of carbonyl (C=O) groups is 1. The smallest absolute Gasteiger partial charge is 0.252 e. The molecule has 1 aliphatic rings. The number of likely N-dealkylation sites (tertiary alicyclic amines) is 1. The van der Waals surface area contributed by atoms with Gasteiger partial charge in [0.1, 0.15) is 5.75 Å². The predicted octanol–water partition coefficient (Wildman–Crippen LogP) is 5.73. The van der Waals surface area contributed by atoms with Crippen LogP contribution in [-0.2, 0) is 7.05 Å². The molecule has 4 rings (SSSR count). The van der Waals surface area contributed by atoms with Gasteiger partial charge in [-0.05, 0) is 98.1 Å². The lowest BCUT2D eigenvalue weighted by Gasteiger charge is -2.33. The first-order valence-corrected chi connectivity index (χ1v) is 13.0. The fourth-order valence-electron chi connectivity index (χ4n) is 5.19. The second kappa shape index (κ2) is 11.3. The topological polar surface area (TPSA) is 59.4 Å². The SMILES string of the molecule is COc1cc(-c2cnn(C)c2)cc([C@@H](C)NC(=O)c2cc(C3CCN(CC(C)C)CC3)ccc2C)c1. The summed E-state index contributed by atoms with van der Waals surface area (Å²) in [6, 6.07) is 12.3. The molecule has 0 bridgehead atoms. The molecule has 6 heteroatoms. The third-order valence-electron chi connectivity index (χ3n) is 7.24. The van der Waals surface area contributed by atoms with Crippen LogP contribution in [0.2, 0.25) is 0 Å². The minimum atomic E-state index is -0.176. The summed E-state index contributed by atoms with van der Waals surface area (Å²) in [5.74, 6) is 1.93. The van der Waals surface area contributed by atoms with E-state index < -0.39 is 0 Å². The Morgan fingerprint density at radius 3 is 2.50 bits per heavy atom. The van der Waals surface area contributed by atoms with Gasteiger partial charge in [-0.3, -0.25) is 9.48 Å². The van der Waals surface area contributed by atoms with Crippen LogP contribution in [0.3, 0.4) is 0 Å². The second-order valence-electron chi connectivity index (χ2n) is 10.6. The molecule has 1 N–H and O–H groups in total. The number of piperidine rings is 1. The van der Waals surface area contributed by atoms with Gasteiger partial charge in [-0.1, -0.05) is 26.0 Å². The van der Waals surface area contributed by atoms with Crippen LogP contribution in [0.5, 0.6) is 5.75 Å². The number of nitrogens with zero attached hydrogens (tertiary/aromatic N) is 3. The van der Waals surface area contributed by atoms with E-state index in [0.717, 1.165) is 59.5 Å². The van der Waals surface area contributed by atoms with E-state index in [1.807, 2.05) is 45.4 Å². The standard InChI is InChI=1S/C30H40N4O2/c1-20(2)18-34-11-9-23(10-12-34)24-8-7-21(3)29(16-24)30(35)32-22(4)25-13-26(15-28(14-25)36-6)27-17-31-33(5)19-27/h7-8,13-17,19-20,22-23H,9-12,18H2,1-6H3,(H,32,35)/t22-/m1/s1. The van der Waals surface area contributed by atoms with E-state index in [1.165, 1.54) is 12.1 Å². The monoisotopic (exact) mass is 488 g/mol. The highest BCUT2D eigenvalue weighted by molar-refractivity contribution is 5.96. The van der Waals surface area contributed by atoms with E-state index in [9.17, 15) is 4.79 Å². The molecule has 2 heterocycles. The van der Waals surface area contributed by atoms with Gasteiger partial charge < -0.3 is 15.0 Å². The Balaban J connectivity index is 1.49. The van der Waals surface area contributed by atoms with Crippen molar-refractivity contribution >= 4 is 5.91 Å². The Kier molecular flexibility index (Phi) is 8.14. The summed E-state index contributed by atoms with van der Waals surface area (Å²) in [4.78, 5) is 16.0. The Hall–Kier alpha value is -3.12. The molecule has 1 aliphatic heterocycles. The lowest BCUT2D eigenvalue weighted by Crippen LogP contribution is -2.35. The van der Waals surface area contributed by atoms with Crippen LogP contribution in [0.1, 0.15) is 72.6 Å². The minimum Gasteiger partial charge on any atom is -0.497 e. The van der Waals surface area contributed by atoms with Crippen molar-refractivity contribution in [2.75, 3.05) is 26.7 Å². The number of methoxy groups -OCH3 is 1. The number of hydrogen-bond donors (Lipinski definition) is 1. The largest absolute Gasteiger partial charge is 0.497 e. The third-order valence-corrected chi connectivity index (χ3v) is 7.24. The molecule has 0 spiro atoms. The first-order valence-electron chi connectivity index (χ1n) is 13.0. The van der Waals surface area contributed by atoms with Crippen molar-refractivity contribution in [1.82, 2.24) is 20.0 Å². The zero-order chi connectivity index (χ0) is 25.8. The lowest BCUT2D eigenvalue weighted by atomic mass is 9.87. The van der Waals surface area contributed by atoms with Crippen molar-refractivity contribution in [3.63, 3.8) is 0 Å². The second-order valence-corrected chi connectivity index (χ2v) is 10.6. The van der Waals surface area contributed by atoms with Gasteiger partial charge in [-0.15, -0.1) is 0 Å². The summed E-state index contributed by atoms with van der Waals surface area (Å²) in [6.45, 7) is 12.0. The average Bonchev–Trinajstić information content (AvgIpc) is 3.30. The number of aromatic nitrogens is 2. The molecule has 6 nitrogen and oxygen atoms in total. The number of carbonyl (C=O) groups excluding carboxylic acids is 1. The first-order chi connectivity index (χ1) is 17.2. The maximum Gasteiger partial charge on any atom is 0.252 e. The maximum atomic E-state index is 13.4. The number of rotatable bonds is 8. The summed E-state index contributed by atoms with van der Waals surface area (Å²) < 4.78 is 7.33. The molecule has 36 heavy (non-hydrogen) atoms. The number of benzene rings is 2. The highest BCUT2D eigenvalue weighted by atomic mass is 16.5. The van der Waals surface area contributed by atoms with E-state index in [2.05, 4.69) is 53.4 Å². The van der Waals surface area contributed by atoms with E-state index in [4.69, 9.17) is 4.74 Å². The fourth-order valence-corrected chi connectivity index (χ4v) is 5.19. The normalized spacial score (nSPS) is 15.8. The van der Waals surface area contributed by atoms with Crippen LogP contribution in [0, 0.1) is 12.8 Å². The van der Waals surface area contributed by atoms with Crippen LogP contribution in [-0.4, -0.2) is 47.3 Å². The molecule has 3 aromatic rings. The van der Waals surface area contributed by atoms with Crippen LogP contribution in [0.25, 0.3) is 11.1 Å². The quantitative estimate of drug-likeness (QED) is 0.440. The summed E-state index contributed by atoms with van der Waals surface area (Å²) in [7, 11) is 3.57. The Morgan fingerprint density at radius 2 is 1.86 bits per heavy atom. The summed E-state index contributed by atoms with van der Waals surface area (Å²) in [5, 5.41) is 7.51. The van der Waals surface area contributed by atoms with Gasteiger partial charge in [0.05, 0.1) is 19.3 Å². The molecule has 2 aromatic carbocycles. The predicted molar refractivity (Wildman–Crippen MR) is 146 cm³/mol. The highest BCUT2D eigenvalue weighted by Gasteiger charge is 2.23. The van der Waals surface area contributed by atoms with E-state index in [-0.39, 0.29) is 11.9 Å². The van der Waals surface area contributed by atoms with Crippen molar-refractivity contribution < 1.29 is 9.53 Å². The zero-order valence-corrected chi connectivity index (χ0v) is 22.5. The fraction of sp³-hybridized carbons (Fsp3) is 0.467. The molecule has 1 fully saturated rings. The lowest BCUT2D eigenvalue weighted by molar-refractivity contribution is 0.0939. The molecule has 1 amide bonds. The molecular weight excluding hydrogens is 448 g/mol. The van der Waals surface area contributed by atoms with Gasteiger partial charge in [-0.2, -0.15) is 5.10 Å². The van der Waals surface area contributed by atoms with E-state index >= 15 is 0 Å². The van der Waals surface area contributed by atoms with Crippen molar-refractivity contribution in [3.8, 4) is 16.9 Å². The van der Waals surface area contributed by atoms with E-state index in [1.54, 1.807) is 11.8 Å². The number of amides is 1. The van der Waals surface area contributed by atoms with E-state index in [0.29, 0.717) is 11.8 Å². The van der Waals surface area contributed by atoms with Crippen molar-refractivity contribution in [2.45, 2.75) is 52.5 Å². The number of aryl methyl sites for hydroxylation is 2. The summed E-state index contributed by atoms with van der Waals surface area (Å²) >= 11 is 0. The van der Waals surface area contributed by atoms with Crippen LogP contribution in [0.15, 0.2) is 48.8 Å². The third kappa shape index (κ3) is 6.16. The average molecular weight is 489 g/mol. The summed E-state index contributed by atoms with van der Waals surface area (Å²) in [6.07, 6.45) is 6.11. The van der Waals surface area contributed by atoms with Gasteiger partial charge in [0, 0.05) is 30.9 Å². The number of nitrogens with one attached hydrogen (secondary N) is 1. The molecule has 1 saturated heterocycles. The summed E-state index contributed by atoms with van der Waals surface area (Å²) in [5.41, 5.74) is 6.07. The van der Waals surface area contributed by atoms with Crippen molar-refractivity contribution in [1.29, 1.82) is 0 Å². The van der Waals surface area contributed by atoms with Crippen LogP contribution in [0.4, 0.5) is 0 Å². The molecule has 0 aliphatic carbocycles. The maximum absolute atomic E-state index is 13.4. The number of hydrogen-bond acceptors (Lipinski definition) is 4. The molecule has 1 atom stereocenters. The van der Waals surface area contributed by atoms with Gasteiger partial charge in [0.15, 0.2) is 0 Å². The molecule has 1 aromatic heterocycles. The molecule has 0 radical (unpaired) electrons. The Bertz CT molecular complexity index is 1190. The van der Waals surface area contributed by atoms with Crippen molar-refractivity contribution in [2.24, 2.45) is 13.0 Å². The molecule has 0 saturated carbocycles. The zero-order valence-electron chi connectivity index (χ0n) is 22.5. The van der Waals surface area contributed by atoms with Gasteiger partial charge in [-0.25, -0.2) is 0 Å². The van der Waals surface area contributed by atoms with Crippen LogP contribution < -0.4 is 10.1 Å². The van der Waals surface area contributed by atoms with Gasteiger partial charge >= 0.3 is 0 Å². The minimum absolute atomic E-state index is 0.0372. The van der Waals surface area contributed by atoms with Crippen molar-refractivity contribution in [3.05, 3.63) is 71.0 Å². The highest BCUT2D eigenvalue weighted by Crippen LogP contribution is 2.31. The van der Waals surface area contributed by atoms with Gasteiger partial charge in [0.2, 0.25) is 0 Å². The molecule has 0 unspecified atom stereocenters.